The molecule has 1 N–H and O–H groups in total. The van der Waals surface area contributed by atoms with Gasteiger partial charge in [0, 0.05) is 17.0 Å². The van der Waals surface area contributed by atoms with E-state index in [1.807, 2.05) is 30.3 Å². The minimum atomic E-state index is -0.405. The minimum absolute atomic E-state index is 0.317. The van der Waals surface area contributed by atoms with E-state index in [0.717, 1.165) is 16.6 Å². The molecule has 0 radical (unpaired) electrons. The number of hydrogen-bond acceptors (Lipinski definition) is 6. The SMILES string of the molecule is CCOC(=O)c1csc(Nc2cccc3cccnc23)n1. The molecule has 0 unspecified atom stereocenters. The predicted molar refractivity (Wildman–Crippen MR) is 83.1 cm³/mol. The Morgan fingerprint density at radius 1 is 1.33 bits per heavy atom. The normalized spacial score (nSPS) is 10.5. The molecule has 0 fully saturated rings. The molecule has 0 aliphatic heterocycles. The second-order valence-corrected chi connectivity index (χ2v) is 5.12. The van der Waals surface area contributed by atoms with Crippen molar-refractivity contribution in [2.45, 2.75) is 6.92 Å². The van der Waals surface area contributed by atoms with Crippen molar-refractivity contribution in [1.82, 2.24) is 9.97 Å². The maximum Gasteiger partial charge on any atom is 0.357 e. The number of ether oxygens (including phenoxy) is 1. The molecule has 2 heterocycles. The quantitative estimate of drug-likeness (QED) is 0.746. The van der Waals surface area contributed by atoms with Gasteiger partial charge < -0.3 is 10.1 Å². The van der Waals surface area contributed by atoms with Gasteiger partial charge in [0.15, 0.2) is 10.8 Å². The van der Waals surface area contributed by atoms with Crippen molar-refractivity contribution < 1.29 is 9.53 Å². The highest BCUT2D eigenvalue weighted by Crippen LogP contribution is 2.26. The number of thiazole rings is 1. The van der Waals surface area contributed by atoms with Crippen molar-refractivity contribution in [3.8, 4) is 0 Å². The number of anilines is 2. The lowest BCUT2D eigenvalue weighted by Crippen LogP contribution is -2.05. The van der Waals surface area contributed by atoms with Gasteiger partial charge in [0.1, 0.15) is 0 Å². The van der Waals surface area contributed by atoms with Crippen LogP contribution in [-0.2, 0) is 4.74 Å². The molecule has 3 rings (SSSR count). The number of nitrogens with one attached hydrogen (secondary N) is 1. The van der Waals surface area contributed by atoms with Crippen LogP contribution < -0.4 is 5.32 Å². The fourth-order valence-electron chi connectivity index (χ4n) is 1.95. The van der Waals surface area contributed by atoms with Crippen LogP contribution in [0.15, 0.2) is 41.9 Å². The summed E-state index contributed by atoms with van der Waals surface area (Å²) in [6.45, 7) is 2.11. The molecule has 3 aromatic rings. The van der Waals surface area contributed by atoms with Crippen molar-refractivity contribution in [3.63, 3.8) is 0 Å². The highest BCUT2D eigenvalue weighted by molar-refractivity contribution is 7.14. The van der Waals surface area contributed by atoms with Crippen molar-refractivity contribution in [2.75, 3.05) is 11.9 Å². The van der Waals surface area contributed by atoms with Crippen molar-refractivity contribution in [2.24, 2.45) is 0 Å². The summed E-state index contributed by atoms with van der Waals surface area (Å²) in [5.41, 5.74) is 2.04. The Bertz CT molecular complexity index is 780. The molecule has 0 bridgehead atoms. The monoisotopic (exact) mass is 299 g/mol. The number of aromatic nitrogens is 2. The van der Waals surface area contributed by atoms with Crippen LogP contribution in [0.1, 0.15) is 17.4 Å². The number of esters is 1. The van der Waals surface area contributed by atoms with Gasteiger partial charge >= 0.3 is 5.97 Å². The number of carbonyl (C=O) groups excluding carboxylic acids is 1. The number of para-hydroxylation sites is 1. The predicted octanol–water partition coefficient (Wildman–Crippen LogP) is 3.61. The smallest absolute Gasteiger partial charge is 0.357 e. The molecule has 0 aliphatic carbocycles. The first-order valence-electron chi connectivity index (χ1n) is 6.51. The lowest BCUT2D eigenvalue weighted by molar-refractivity contribution is 0.0520. The van der Waals surface area contributed by atoms with Gasteiger partial charge in [-0.05, 0) is 19.1 Å². The van der Waals surface area contributed by atoms with E-state index in [1.165, 1.54) is 11.3 Å². The second-order valence-electron chi connectivity index (χ2n) is 4.26. The minimum Gasteiger partial charge on any atom is -0.461 e. The van der Waals surface area contributed by atoms with Crippen molar-refractivity contribution in [1.29, 1.82) is 0 Å². The highest BCUT2D eigenvalue weighted by Gasteiger charge is 2.12. The number of carbonyl (C=O) groups is 1. The largest absolute Gasteiger partial charge is 0.461 e. The summed E-state index contributed by atoms with van der Waals surface area (Å²) in [7, 11) is 0. The summed E-state index contributed by atoms with van der Waals surface area (Å²) in [5, 5.41) is 6.56. The average molecular weight is 299 g/mol. The first kappa shape index (κ1) is 13.5. The molecule has 0 amide bonds. The van der Waals surface area contributed by atoms with E-state index in [0.29, 0.717) is 17.4 Å². The van der Waals surface area contributed by atoms with E-state index >= 15 is 0 Å². The number of rotatable bonds is 4. The standard InChI is InChI=1S/C15H13N3O2S/c1-2-20-14(19)12-9-21-15(18-12)17-11-7-3-5-10-6-4-8-16-13(10)11/h3-9H,2H2,1H3,(H,17,18). The lowest BCUT2D eigenvalue weighted by atomic mass is 10.2. The summed E-state index contributed by atoms with van der Waals surface area (Å²) in [4.78, 5) is 20.2. The van der Waals surface area contributed by atoms with Crippen LogP contribution >= 0.6 is 11.3 Å². The van der Waals surface area contributed by atoms with E-state index in [-0.39, 0.29) is 0 Å². The zero-order valence-electron chi connectivity index (χ0n) is 11.4. The van der Waals surface area contributed by atoms with Crippen molar-refractivity contribution in [3.05, 3.63) is 47.6 Å². The lowest BCUT2D eigenvalue weighted by Gasteiger charge is -2.05. The van der Waals surface area contributed by atoms with Crippen LogP contribution in [0.4, 0.5) is 10.8 Å². The number of fused-ring (bicyclic) bond motifs is 1. The molecule has 2 aromatic heterocycles. The van der Waals surface area contributed by atoms with Crippen LogP contribution in [0.25, 0.3) is 10.9 Å². The van der Waals surface area contributed by atoms with Crippen LogP contribution in [0.3, 0.4) is 0 Å². The van der Waals surface area contributed by atoms with E-state index < -0.39 is 5.97 Å². The molecular weight excluding hydrogens is 286 g/mol. The molecule has 5 nitrogen and oxygen atoms in total. The fraction of sp³-hybridized carbons (Fsp3) is 0.133. The molecule has 0 aliphatic rings. The molecule has 1 aromatic carbocycles. The van der Waals surface area contributed by atoms with Gasteiger partial charge in [-0.25, -0.2) is 9.78 Å². The Morgan fingerprint density at radius 3 is 3.05 bits per heavy atom. The molecule has 0 saturated heterocycles. The Morgan fingerprint density at radius 2 is 2.19 bits per heavy atom. The maximum atomic E-state index is 11.6. The van der Waals surface area contributed by atoms with Crippen LogP contribution in [0.2, 0.25) is 0 Å². The third-order valence-electron chi connectivity index (χ3n) is 2.86. The molecular formula is C15H13N3O2S. The molecule has 0 atom stereocenters. The fourth-order valence-corrected chi connectivity index (χ4v) is 2.64. The molecule has 6 heteroatoms. The number of nitrogens with zero attached hydrogens (tertiary/aromatic N) is 2. The summed E-state index contributed by atoms with van der Waals surface area (Å²) in [6, 6.07) is 9.78. The third-order valence-corrected chi connectivity index (χ3v) is 3.62. The highest BCUT2D eigenvalue weighted by atomic mass is 32.1. The summed E-state index contributed by atoms with van der Waals surface area (Å²) in [6.07, 6.45) is 1.75. The number of hydrogen-bond donors (Lipinski definition) is 1. The Hall–Kier alpha value is -2.47. The molecule has 106 valence electrons. The molecule has 0 spiro atoms. The molecule has 0 saturated carbocycles. The van der Waals surface area contributed by atoms with E-state index in [1.54, 1.807) is 18.5 Å². The maximum absolute atomic E-state index is 11.6. The van der Waals surface area contributed by atoms with Gasteiger partial charge in [0.25, 0.3) is 0 Å². The Balaban J connectivity index is 1.87. The summed E-state index contributed by atoms with van der Waals surface area (Å²) in [5.74, 6) is -0.405. The van der Waals surface area contributed by atoms with Crippen LogP contribution in [0.5, 0.6) is 0 Å². The van der Waals surface area contributed by atoms with Crippen LogP contribution in [0, 0.1) is 0 Å². The van der Waals surface area contributed by atoms with Crippen LogP contribution in [-0.4, -0.2) is 22.5 Å². The van der Waals surface area contributed by atoms with Gasteiger partial charge in [-0.2, -0.15) is 0 Å². The van der Waals surface area contributed by atoms with Gasteiger partial charge in [-0.15, -0.1) is 11.3 Å². The number of pyridine rings is 1. The second kappa shape index (κ2) is 5.88. The van der Waals surface area contributed by atoms with Gasteiger partial charge in [0.05, 0.1) is 17.8 Å². The van der Waals surface area contributed by atoms with E-state index in [9.17, 15) is 4.79 Å². The van der Waals surface area contributed by atoms with Gasteiger partial charge in [-0.1, -0.05) is 18.2 Å². The summed E-state index contributed by atoms with van der Waals surface area (Å²) < 4.78 is 4.93. The molecule has 21 heavy (non-hydrogen) atoms. The topological polar surface area (TPSA) is 64.1 Å². The van der Waals surface area contributed by atoms with Gasteiger partial charge in [0.2, 0.25) is 0 Å². The van der Waals surface area contributed by atoms with Crippen molar-refractivity contribution >= 4 is 39.0 Å². The third kappa shape index (κ3) is 2.85. The van der Waals surface area contributed by atoms with E-state index in [2.05, 4.69) is 15.3 Å². The summed E-state index contributed by atoms with van der Waals surface area (Å²) >= 11 is 1.36. The zero-order chi connectivity index (χ0) is 14.7. The zero-order valence-corrected chi connectivity index (χ0v) is 12.2. The van der Waals surface area contributed by atoms with Gasteiger partial charge in [-0.3, -0.25) is 4.98 Å². The average Bonchev–Trinajstić information content (AvgIpc) is 2.97. The number of benzene rings is 1. The Labute approximate surface area is 125 Å². The first-order chi connectivity index (χ1) is 10.3. The van der Waals surface area contributed by atoms with E-state index in [4.69, 9.17) is 4.74 Å². The Kier molecular flexibility index (Phi) is 3.79. The first-order valence-corrected chi connectivity index (χ1v) is 7.39.